The molecule has 5 rings (SSSR count). The van der Waals surface area contributed by atoms with Crippen molar-refractivity contribution < 1.29 is 14.6 Å². The molecule has 7 heteroatoms. The van der Waals surface area contributed by atoms with Gasteiger partial charge in [0.1, 0.15) is 5.82 Å². The van der Waals surface area contributed by atoms with Crippen LogP contribution in [0.5, 0.6) is 11.5 Å². The maximum atomic E-state index is 13.5. The molecule has 1 atom stereocenters. The van der Waals surface area contributed by atoms with Gasteiger partial charge in [0.25, 0.3) is 5.56 Å². The molecule has 3 aromatic rings. The highest BCUT2D eigenvalue weighted by atomic mass is 16.5. The second-order valence-corrected chi connectivity index (χ2v) is 7.76. The van der Waals surface area contributed by atoms with Crippen molar-refractivity contribution >= 4 is 11.6 Å². The quantitative estimate of drug-likeness (QED) is 0.600. The number of hydrogen-bond donors (Lipinski definition) is 3. The van der Waals surface area contributed by atoms with Crippen molar-refractivity contribution in [2.75, 3.05) is 11.9 Å². The number of aromatic hydroxyl groups is 1. The van der Waals surface area contributed by atoms with Crippen LogP contribution in [0.2, 0.25) is 0 Å². The van der Waals surface area contributed by atoms with Crippen LogP contribution in [-0.2, 0) is 4.79 Å². The van der Waals surface area contributed by atoms with E-state index in [4.69, 9.17) is 4.74 Å². The number of carbonyl (C=O) groups excluding carboxylic acids is 1. The Kier molecular flexibility index (Phi) is 4.66. The van der Waals surface area contributed by atoms with Crippen LogP contribution in [0.4, 0.5) is 5.82 Å². The molecule has 0 radical (unpaired) electrons. The third-order valence-electron chi connectivity index (χ3n) is 5.87. The maximum absolute atomic E-state index is 13.5. The smallest absolute Gasteiger partial charge is 0.277 e. The first-order valence-corrected chi connectivity index (χ1v) is 10.5. The van der Waals surface area contributed by atoms with Crippen molar-refractivity contribution in [3.63, 3.8) is 0 Å². The summed E-state index contributed by atoms with van der Waals surface area (Å²) in [6, 6.07) is 14.4. The lowest BCUT2D eigenvalue weighted by Gasteiger charge is -2.31. The molecule has 0 bridgehead atoms. The Labute approximate surface area is 179 Å². The van der Waals surface area contributed by atoms with Crippen molar-refractivity contribution in [1.82, 2.24) is 9.78 Å². The number of phenolic OH excluding ortho intramolecular Hbond substituents is 1. The number of benzene rings is 2. The van der Waals surface area contributed by atoms with Gasteiger partial charge in [-0.3, -0.25) is 14.7 Å². The van der Waals surface area contributed by atoms with Gasteiger partial charge in [-0.05, 0) is 49.6 Å². The number of nitrogens with zero attached hydrogens (tertiary/aromatic N) is 1. The van der Waals surface area contributed by atoms with Gasteiger partial charge in [-0.2, -0.15) is 0 Å². The van der Waals surface area contributed by atoms with Crippen molar-refractivity contribution in [2.45, 2.75) is 32.1 Å². The van der Waals surface area contributed by atoms with E-state index in [0.717, 1.165) is 24.1 Å². The van der Waals surface area contributed by atoms with Crippen molar-refractivity contribution in [2.24, 2.45) is 0 Å². The van der Waals surface area contributed by atoms with Crippen molar-refractivity contribution in [1.29, 1.82) is 0 Å². The summed E-state index contributed by atoms with van der Waals surface area (Å²) in [5, 5.41) is 16.7. The fraction of sp³-hybridized carbons (Fsp3) is 0.250. The Morgan fingerprint density at radius 2 is 1.94 bits per heavy atom. The van der Waals surface area contributed by atoms with E-state index in [1.165, 1.54) is 4.68 Å². The van der Waals surface area contributed by atoms with Gasteiger partial charge in [-0.25, -0.2) is 4.68 Å². The van der Waals surface area contributed by atoms with Gasteiger partial charge in [0.15, 0.2) is 17.3 Å². The van der Waals surface area contributed by atoms with E-state index < -0.39 is 5.92 Å². The van der Waals surface area contributed by atoms with Crippen molar-refractivity contribution in [3.8, 4) is 17.2 Å². The first-order chi connectivity index (χ1) is 15.1. The summed E-state index contributed by atoms with van der Waals surface area (Å²) < 4.78 is 7.06. The van der Waals surface area contributed by atoms with Crippen LogP contribution < -0.4 is 15.6 Å². The number of aromatic amines is 1. The van der Waals surface area contributed by atoms with Crippen LogP contribution in [0, 0.1) is 0 Å². The second-order valence-electron chi connectivity index (χ2n) is 7.76. The molecule has 0 fully saturated rings. The Morgan fingerprint density at radius 1 is 1.13 bits per heavy atom. The number of anilines is 1. The molecule has 1 aromatic heterocycles. The topological polar surface area (TPSA) is 96.4 Å². The number of allylic oxidation sites excluding steroid dienone is 2. The number of aromatic nitrogens is 2. The molecule has 158 valence electrons. The SMILES string of the molecule is CCOc1cc(C2C3=C(CCCC3=O)Nc3[nH]n(-c4ccccc4)c(=O)c32)ccc1O. The Hall–Kier alpha value is -3.74. The highest BCUT2D eigenvalue weighted by molar-refractivity contribution is 6.01. The first-order valence-electron chi connectivity index (χ1n) is 10.5. The molecule has 1 unspecified atom stereocenters. The van der Waals surface area contributed by atoms with E-state index in [0.29, 0.717) is 41.4 Å². The molecule has 31 heavy (non-hydrogen) atoms. The molecule has 1 aliphatic heterocycles. The van der Waals surface area contributed by atoms with Crippen LogP contribution in [-0.4, -0.2) is 27.3 Å². The van der Waals surface area contributed by atoms with Gasteiger partial charge in [0.05, 0.1) is 17.9 Å². The Bertz CT molecular complexity index is 1250. The second kappa shape index (κ2) is 7.50. The highest BCUT2D eigenvalue weighted by Gasteiger charge is 2.39. The molecule has 3 N–H and O–H groups in total. The summed E-state index contributed by atoms with van der Waals surface area (Å²) in [6.45, 7) is 2.23. The molecular weight excluding hydrogens is 394 g/mol. The largest absolute Gasteiger partial charge is 0.504 e. The average molecular weight is 417 g/mol. The first kappa shape index (κ1) is 19.2. The predicted molar refractivity (Wildman–Crippen MR) is 117 cm³/mol. The summed E-state index contributed by atoms with van der Waals surface area (Å²) >= 11 is 0. The standard InChI is InChI=1S/C24H23N3O4/c1-2-31-19-13-14(11-12-17(19)28)20-21-16(9-6-10-18(21)29)25-23-22(20)24(30)27(26-23)15-7-4-3-5-8-15/h3-5,7-8,11-13,20,25-26,28H,2,6,9-10H2,1H3. The molecule has 2 aliphatic rings. The molecule has 0 saturated carbocycles. The molecule has 7 nitrogen and oxygen atoms in total. The van der Waals surface area contributed by atoms with Crippen molar-refractivity contribution in [3.05, 3.63) is 81.3 Å². The summed E-state index contributed by atoms with van der Waals surface area (Å²) in [5.74, 6) is 0.470. The number of hydrogen-bond acceptors (Lipinski definition) is 5. The zero-order chi connectivity index (χ0) is 21.5. The summed E-state index contributed by atoms with van der Waals surface area (Å²) in [5.41, 5.74) is 3.21. The lowest BCUT2D eigenvalue weighted by atomic mass is 9.77. The van der Waals surface area contributed by atoms with E-state index in [2.05, 4.69) is 10.4 Å². The minimum Gasteiger partial charge on any atom is -0.504 e. The number of Topliss-reactive ketones (excluding diaryl/α,β-unsaturated/α-hetero) is 1. The van der Waals surface area contributed by atoms with Gasteiger partial charge in [-0.15, -0.1) is 0 Å². The summed E-state index contributed by atoms with van der Waals surface area (Å²) in [4.78, 5) is 26.5. The molecule has 0 amide bonds. The zero-order valence-corrected chi connectivity index (χ0v) is 17.1. The van der Waals surface area contributed by atoms with Gasteiger partial charge in [0, 0.05) is 23.6 Å². The number of fused-ring (bicyclic) bond motifs is 1. The van der Waals surface area contributed by atoms with Crippen LogP contribution in [0.1, 0.15) is 43.2 Å². The fourth-order valence-electron chi connectivity index (χ4n) is 4.51. The lowest BCUT2D eigenvalue weighted by molar-refractivity contribution is -0.116. The van der Waals surface area contributed by atoms with Gasteiger partial charge in [-0.1, -0.05) is 24.3 Å². The number of H-pyrrole nitrogens is 1. The minimum absolute atomic E-state index is 0.0275. The summed E-state index contributed by atoms with van der Waals surface area (Å²) in [6.07, 6.45) is 1.97. The van der Waals surface area contributed by atoms with Gasteiger partial charge < -0.3 is 15.2 Å². The molecule has 1 aliphatic carbocycles. The van der Waals surface area contributed by atoms with Gasteiger partial charge in [0.2, 0.25) is 0 Å². The number of carbonyl (C=O) groups is 1. The van der Waals surface area contributed by atoms with E-state index in [1.807, 2.05) is 37.3 Å². The van der Waals surface area contributed by atoms with E-state index in [9.17, 15) is 14.7 Å². The normalized spacial score (nSPS) is 17.7. The lowest BCUT2D eigenvalue weighted by Crippen LogP contribution is -2.29. The number of ether oxygens (including phenoxy) is 1. The van der Waals surface area contributed by atoms with E-state index >= 15 is 0 Å². The Morgan fingerprint density at radius 3 is 2.71 bits per heavy atom. The van der Waals surface area contributed by atoms with Crippen LogP contribution >= 0.6 is 0 Å². The number of phenols is 1. The summed E-state index contributed by atoms with van der Waals surface area (Å²) in [7, 11) is 0. The number of nitrogens with one attached hydrogen (secondary N) is 2. The highest BCUT2D eigenvalue weighted by Crippen LogP contribution is 2.45. The maximum Gasteiger partial charge on any atom is 0.277 e. The van der Waals surface area contributed by atoms with Crippen LogP contribution in [0.3, 0.4) is 0 Å². The fourth-order valence-corrected chi connectivity index (χ4v) is 4.51. The zero-order valence-electron chi connectivity index (χ0n) is 17.1. The Balaban J connectivity index is 1.73. The molecule has 2 aromatic carbocycles. The molecule has 0 saturated heterocycles. The van der Waals surface area contributed by atoms with Gasteiger partial charge >= 0.3 is 0 Å². The van der Waals surface area contributed by atoms with Crippen LogP contribution in [0.15, 0.2) is 64.6 Å². The number of para-hydroxylation sites is 1. The monoisotopic (exact) mass is 417 g/mol. The minimum atomic E-state index is -0.535. The number of ketones is 1. The molecule has 0 spiro atoms. The number of rotatable bonds is 4. The molecule has 2 heterocycles. The average Bonchev–Trinajstić information content (AvgIpc) is 3.11. The van der Waals surface area contributed by atoms with Crippen LogP contribution in [0.25, 0.3) is 5.69 Å². The van der Waals surface area contributed by atoms with E-state index in [-0.39, 0.29) is 17.1 Å². The predicted octanol–water partition coefficient (Wildman–Crippen LogP) is 3.83. The molecular formula is C24H23N3O4. The third-order valence-corrected chi connectivity index (χ3v) is 5.87. The third kappa shape index (κ3) is 3.13. The van der Waals surface area contributed by atoms with E-state index in [1.54, 1.807) is 18.2 Å².